The Labute approximate surface area is 122 Å². The fourth-order valence-corrected chi connectivity index (χ4v) is 1.70. The van der Waals surface area contributed by atoms with Gasteiger partial charge in [-0.15, -0.1) is 0 Å². The maximum atomic E-state index is 11.0. The van der Waals surface area contributed by atoms with Crippen LogP contribution in [0, 0.1) is 16.7 Å². The zero-order valence-corrected chi connectivity index (χ0v) is 10.9. The van der Waals surface area contributed by atoms with Crippen LogP contribution in [0.3, 0.4) is 0 Å². The molecule has 118 valence electrons. The SMILES string of the molecule is N#C[C@]1(CO)O[C@@H](N=C(NO)NC(=O)C=N)C(N=[N+]=[N-])[C@@H]1O. The van der Waals surface area contributed by atoms with Gasteiger partial charge in [0, 0.05) is 4.91 Å². The lowest BCUT2D eigenvalue weighted by Crippen LogP contribution is -2.44. The van der Waals surface area contributed by atoms with Crippen LogP contribution in [-0.4, -0.2) is 64.1 Å². The molecule has 13 heteroatoms. The van der Waals surface area contributed by atoms with E-state index in [0.29, 0.717) is 6.21 Å². The minimum absolute atomic E-state index is 0.398. The maximum absolute atomic E-state index is 11.0. The van der Waals surface area contributed by atoms with E-state index in [0.717, 1.165) is 0 Å². The van der Waals surface area contributed by atoms with Gasteiger partial charge < -0.3 is 20.4 Å². The first-order valence-electron chi connectivity index (χ1n) is 5.69. The van der Waals surface area contributed by atoms with Crippen LogP contribution in [0.5, 0.6) is 0 Å². The second-order valence-corrected chi connectivity index (χ2v) is 4.03. The van der Waals surface area contributed by atoms with Crippen molar-refractivity contribution in [2.24, 2.45) is 10.1 Å². The summed E-state index contributed by atoms with van der Waals surface area (Å²) in [6.07, 6.45) is -2.76. The lowest BCUT2D eigenvalue weighted by molar-refractivity contribution is -0.113. The summed E-state index contributed by atoms with van der Waals surface area (Å²) in [5.74, 6) is -1.51. The van der Waals surface area contributed by atoms with Crippen LogP contribution in [0.15, 0.2) is 10.1 Å². The number of aliphatic hydroxyl groups is 2. The van der Waals surface area contributed by atoms with E-state index in [4.69, 9.17) is 26.1 Å². The van der Waals surface area contributed by atoms with Gasteiger partial charge >= 0.3 is 0 Å². The van der Waals surface area contributed by atoms with Crippen LogP contribution in [0.1, 0.15) is 0 Å². The molecule has 0 aromatic carbocycles. The van der Waals surface area contributed by atoms with Crippen LogP contribution in [0.25, 0.3) is 10.4 Å². The van der Waals surface area contributed by atoms with E-state index in [1.165, 1.54) is 5.48 Å². The fraction of sp³-hybridized carbons (Fsp3) is 0.556. The predicted octanol–water partition coefficient (Wildman–Crippen LogP) is -2.26. The van der Waals surface area contributed by atoms with Gasteiger partial charge in [-0.05, 0) is 5.53 Å². The third-order valence-electron chi connectivity index (χ3n) is 2.77. The molecule has 1 unspecified atom stereocenters. The van der Waals surface area contributed by atoms with E-state index in [9.17, 15) is 15.0 Å². The minimum atomic E-state index is -2.07. The number of aliphatic hydroxyl groups excluding tert-OH is 2. The Morgan fingerprint density at radius 2 is 2.36 bits per heavy atom. The van der Waals surface area contributed by atoms with Gasteiger partial charge in [0.25, 0.3) is 5.91 Å². The summed E-state index contributed by atoms with van der Waals surface area (Å²) in [6, 6.07) is 0.166. The van der Waals surface area contributed by atoms with Crippen molar-refractivity contribution in [3.05, 3.63) is 10.4 Å². The van der Waals surface area contributed by atoms with E-state index in [-0.39, 0.29) is 0 Å². The Balaban J connectivity index is 3.14. The maximum Gasteiger partial charge on any atom is 0.268 e. The number of nitrogens with one attached hydrogen (secondary N) is 3. The molecule has 0 radical (unpaired) electrons. The van der Waals surface area contributed by atoms with Crippen molar-refractivity contribution in [1.29, 1.82) is 10.7 Å². The number of guanidine groups is 1. The molecule has 0 spiro atoms. The molecule has 6 N–H and O–H groups in total. The quantitative estimate of drug-likeness (QED) is 0.0833. The molecule has 1 amide bonds. The summed E-state index contributed by atoms with van der Waals surface area (Å²) < 4.78 is 5.10. The third-order valence-corrected chi connectivity index (χ3v) is 2.77. The summed E-state index contributed by atoms with van der Waals surface area (Å²) in [5, 5.41) is 48.9. The van der Waals surface area contributed by atoms with E-state index in [1.807, 2.05) is 5.32 Å². The minimum Gasteiger partial charge on any atom is -0.392 e. The van der Waals surface area contributed by atoms with Gasteiger partial charge in [-0.1, -0.05) is 5.11 Å². The lowest BCUT2D eigenvalue weighted by Gasteiger charge is -2.21. The molecule has 0 aromatic heterocycles. The second kappa shape index (κ2) is 7.31. The number of rotatable bonds is 4. The predicted molar refractivity (Wildman–Crippen MR) is 68.5 cm³/mol. The van der Waals surface area contributed by atoms with Crippen LogP contribution in [0.4, 0.5) is 0 Å². The molecule has 1 saturated heterocycles. The van der Waals surface area contributed by atoms with Gasteiger partial charge in [0.15, 0.2) is 6.23 Å². The molecule has 0 bridgehead atoms. The largest absolute Gasteiger partial charge is 0.392 e. The molecule has 22 heavy (non-hydrogen) atoms. The molecule has 0 saturated carbocycles. The van der Waals surface area contributed by atoms with Gasteiger partial charge in [-0.2, -0.15) is 5.26 Å². The Kier molecular flexibility index (Phi) is 5.75. The number of hydrogen-bond acceptors (Lipinski definition) is 9. The van der Waals surface area contributed by atoms with Gasteiger partial charge in [0.2, 0.25) is 11.6 Å². The molecular formula is C9H12N8O5. The van der Waals surface area contributed by atoms with Crippen LogP contribution >= 0.6 is 0 Å². The number of nitriles is 1. The zero-order valence-electron chi connectivity index (χ0n) is 10.9. The van der Waals surface area contributed by atoms with Gasteiger partial charge in [0.05, 0.1) is 12.8 Å². The Hall–Kier alpha value is -2.75. The van der Waals surface area contributed by atoms with Gasteiger partial charge in [0.1, 0.15) is 18.2 Å². The number of hydrogen-bond donors (Lipinski definition) is 6. The van der Waals surface area contributed by atoms with Crippen LogP contribution < -0.4 is 10.8 Å². The number of nitrogens with zero attached hydrogens (tertiary/aromatic N) is 5. The molecule has 1 aliphatic rings. The molecule has 4 atom stereocenters. The van der Waals surface area contributed by atoms with Crippen molar-refractivity contribution in [2.75, 3.05) is 6.61 Å². The number of aliphatic imine (C=N–C) groups is 1. The zero-order chi connectivity index (χ0) is 16.8. The molecule has 1 fully saturated rings. The number of amides is 1. The van der Waals surface area contributed by atoms with E-state index in [1.54, 1.807) is 6.07 Å². The first-order chi connectivity index (χ1) is 10.5. The molecule has 1 aliphatic heterocycles. The number of azide groups is 1. The van der Waals surface area contributed by atoms with Crippen LogP contribution in [-0.2, 0) is 9.53 Å². The Bertz CT molecular complexity index is 567. The van der Waals surface area contributed by atoms with Gasteiger partial charge in [-0.25, -0.2) is 10.5 Å². The highest BCUT2D eigenvalue weighted by Crippen LogP contribution is 2.33. The molecule has 13 nitrogen and oxygen atoms in total. The van der Waals surface area contributed by atoms with Crippen molar-refractivity contribution in [1.82, 2.24) is 10.8 Å². The first-order valence-corrected chi connectivity index (χ1v) is 5.69. The van der Waals surface area contributed by atoms with E-state index >= 15 is 0 Å². The molecule has 1 rings (SSSR count). The summed E-state index contributed by atoms with van der Waals surface area (Å²) in [6.45, 7) is -0.900. The van der Waals surface area contributed by atoms with Crippen molar-refractivity contribution in [3.8, 4) is 6.07 Å². The summed E-state index contributed by atoms with van der Waals surface area (Å²) in [5.41, 5.74) is 7.92. The molecule has 1 heterocycles. The second-order valence-electron chi connectivity index (χ2n) is 4.03. The van der Waals surface area contributed by atoms with Crippen LogP contribution in [0.2, 0.25) is 0 Å². The number of carbonyl (C=O) groups is 1. The highest BCUT2D eigenvalue weighted by atomic mass is 16.6. The van der Waals surface area contributed by atoms with Crippen molar-refractivity contribution < 1.29 is 25.0 Å². The number of ether oxygens (including phenoxy) is 1. The summed E-state index contributed by atoms with van der Waals surface area (Å²) in [7, 11) is 0. The third kappa shape index (κ3) is 3.28. The topological polar surface area (TPSA) is 220 Å². The highest BCUT2D eigenvalue weighted by Gasteiger charge is 2.55. The number of carbonyl (C=O) groups excluding carboxylic acids is 1. The highest BCUT2D eigenvalue weighted by molar-refractivity contribution is 6.28. The molecular weight excluding hydrogens is 300 g/mol. The average molecular weight is 312 g/mol. The van der Waals surface area contributed by atoms with Crippen molar-refractivity contribution >= 4 is 18.1 Å². The first kappa shape index (κ1) is 17.3. The molecule has 0 aromatic rings. The standard InChI is InChI=1S/C9H12N8O5/c10-1-4(19)13-8(16-21)14-7-5(15-17-12)6(20)9(2-11,3-18)22-7/h1,5-7,10,18,20-21H,3H2,(H2,13,14,16,19)/t5?,6-,7+,9+/m0/s1. The number of hydroxylamine groups is 1. The molecule has 0 aliphatic carbocycles. The van der Waals surface area contributed by atoms with E-state index < -0.39 is 42.4 Å². The fourth-order valence-electron chi connectivity index (χ4n) is 1.70. The monoisotopic (exact) mass is 312 g/mol. The Morgan fingerprint density at radius 1 is 1.68 bits per heavy atom. The normalized spacial score (nSPS) is 30.8. The summed E-state index contributed by atoms with van der Waals surface area (Å²) in [4.78, 5) is 17.1. The van der Waals surface area contributed by atoms with Gasteiger partial charge in [-0.3, -0.25) is 15.3 Å². The Morgan fingerprint density at radius 3 is 2.82 bits per heavy atom. The average Bonchev–Trinajstić information content (AvgIpc) is 2.80. The smallest absolute Gasteiger partial charge is 0.268 e. The van der Waals surface area contributed by atoms with Crippen molar-refractivity contribution in [2.45, 2.75) is 24.0 Å². The van der Waals surface area contributed by atoms with E-state index in [2.05, 4.69) is 15.0 Å². The lowest BCUT2D eigenvalue weighted by atomic mass is 9.97. The summed E-state index contributed by atoms with van der Waals surface area (Å²) >= 11 is 0. The van der Waals surface area contributed by atoms with Crippen molar-refractivity contribution in [3.63, 3.8) is 0 Å².